The second-order valence-corrected chi connectivity index (χ2v) is 5.94. The van der Waals surface area contributed by atoms with E-state index < -0.39 is 22.8 Å². The van der Waals surface area contributed by atoms with Gasteiger partial charge in [0.05, 0.1) is 11.2 Å². The van der Waals surface area contributed by atoms with Gasteiger partial charge in [0.25, 0.3) is 5.69 Å². The van der Waals surface area contributed by atoms with Crippen LogP contribution in [-0.2, 0) is 9.59 Å². The van der Waals surface area contributed by atoms with Crippen LogP contribution in [0.1, 0.15) is 17.4 Å². The molecule has 1 atom stereocenters. The topological polar surface area (TPSA) is 132 Å². The molecule has 28 heavy (non-hydrogen) atoms. The number of nitro groups is 1. The average molecular weight is 383 g/mol. The Morgan fingerprint density at radius 2 is 2.11 bits per heavy atom. The third kappa shape index (κ3) is 4.23. The highest BCUT2D eigenvalue weighted by atomic mass is 16.6. The summed E-state index contributed by atoms with van der Waals surface area (Å²) in [6.07, 6.45) is 4.83. The third-order valence-electron chi connectivity index (χ3n) is 4.05. The summed E-state index contributed by atoms with van der Waals surface area (Å²) in [5.74, 6) is -1.15. The molecule has 10 heteroatoms. The van der Waals surface area contributed by atoms with Crippen LogP contribution in [0.4, 0.5) is 11.4 Å². The summed E-state index contributed by atoms with van der Waals surface area (Å²) < 4.78 is 7.00. The van der Waals surface area contributed by atoms with Crippen molar-refractivity contribution in [3.05, 3.63) is 76.5 Å². The van der Waals surface area contributed by atoms with E-state index in [1.165, 1.54) is 24.5 Å². The van der Waals surface area contributed by atoms with Crippen LogP contribution in [0.2, 0.25) is 0 Å². The van der Waals surface area contributed by atoms with Gasteiger partial charge in [-0.3, -0.25) is 24.4 Å². The summed E-state index contributed by atoms with van der Waals surface area (Å²) >= 11 is 0. The lowest BCUT2D eigenvalue weighted by Crippen LogP contribution is -2.39. The van der Waals surface area contributed by atoms with Crippen molar-refractivity contribution < 1.29 is 18.9 Å². The Morgan fingerprint density at radius 1 is 1.29 bits per heavy atom. The van der Waals surface area contributed by atoms with Gasteiger partial charge < -0.3 is 15.1 Å². The summed E-state index contributed by atoms with van der Waals surface area (Å²) in [7, 11) is 0. The van der Waals surface area contributed by atoms with E-state index >= 15 is 0 Å². The van der Waals surface area contributed by atoms with E-state index in [9.17, 15) is 19.7 Å². The lowest BCUT2D eigenvalue weighted by molar-refractivity contribution is -0.384. The smallest absolute Gasteiger partial charge is 0.313 e. The number of nitro benzene ring substituents is 1. The molecule has 0 radical (unpaired) electrons. The summed E-state index contributed by atoms with van der Waals surface area (Å²) in [6.45, 7) is 1.69. The van der Waals surface area contributed by atoms with Crippen LogP contribution >= 0.6 is 0 Å². The molecule has 0 aliphatic rings. The molecule has 144 valence electrons. The number of amides is 2. The highest BCUT2D eigenvalue weighted by molar-refractivity contribution is 6.39. The number of rotatable bonds is 6. The van der Waals surface area contributed by atoms with Crippen LogP contribution in [0, 0.1) is 17.0 Å². The first kappa shape index (κ1) is 18.8. The van der Waals surface area contributed by atoms with Crippen molar-refractivity contribution in [2.75, 3.05) is 11.9 Å². The van der Waals surface area contributed by atoms with E-state index in [0.717, 1.165) is 0 Å². The van der Waals surface area contributed by atoms with Crippen LogP contribution < -0.4 is 10.6 Å². The Bertz CT molecular complexity index is 948. The Labute approximate surface area is 159 Å². The molecule has 1 unspecified atom stereocenters. The van der Waals surface area contributed by atoms with E-state index in [4.69, 9.17) is 4.42 Å². The van der Waals surface area contributed by atoms with Crippen LogP contribution in [0.3, 0.4) is 0 Å². The monoisotopic (exact) mass is 383 g/mol. The fraction of sp³-hybridized carbons (Fsp3) is 0.167. The van der Waals surface area contributed by atoms with Crippen molar-refractivity contribution in [2.24, 2.45) is 0 Å². The number of aromatic nitrogens is 2. The van der Waals surface area contributed by atoms with Crippen LogP contribution in [-0.4, -0.2) is 33.1 Å². The van der Waals surface area contributed by atoms with Gasteiger partial charge in [0.15, 0.2) is 0 Å². The number of anilines is 1. The minimum Gasteiger partial charge on any atom is -0.467 e. The molecule has 0 fully saturated rings. The van der Waals surface area contributed by atoms with Gasteiger partial charge in [-0.2, -0.15) is 5.10 Å². The molecule has 2 N–H and O–H groups in total. The Hall–Kier alpha value is -3.95. The van der Waals surface area contributed by atoms with Gasteiger partial charge in [0, 0.05) is 36.8 Å². The molecule has 1 aromatic carbocycles. The quantitative estimate of drug-likeness (QED) is 0.380. The summed E-state index contributed by atoms with van der Waals surface area (Å²) in [5.41, 5.74) is 0.696. The Balaban J connectivity index is 1.64. The zero-order valence-corrected chi connectivity index (χ0v) is 14.9. The number of benzene rings is 1. The van der Waals surface area contributed by atoms with Gasteiger partial charge in [0.1, 0.15) is 11.8 Å². The van der Waals surface area contributed by atoms with Crippen molar-refractivity contribution in [1.82, 2.24) is 15.1 Å². The normalized spacial score (nSPS) is 11.6. The zero-order valence-electron chi connectivity index (χ0n) is 14.9. The fourth-order valence-corrected chi connectivity index (χ4v) is 2.62. The van der Waals surface area contributed by atoms with Crippen LogP contribution in [0.5, 0.6) is 0 Å². The van der Waals surface area contributed by atoms with Gasteiger partial charge in [0.2, 0.25) is 0 Å². The van der Waals surface area contributed by atoms with E-state index in [1.807, 2.05) is 0 Å². The number of carbonyl (C=O) groups excluding carboxylic acids is 2. The highest BCUT2D eigenvalue weighted by Gasteiger charge is 2.21. The number of nitrogens with zero attached hydrogens (tertiary/aromatic N) is 3. The molecule has 0 spiro atoms. The second-order valence-electron chi connectivity index (χ2n) is 5.94. The Kier molecular flexibility index (Phi) is 5.49. The number of hydrogen-bond acceptors (Lipinski definition) is 6. The Morgan fingerprint density at radius 3 is 2.71 bits per heavy atom. The molecular formula is C18H17N5O5. The maximum absolute atomic E-state index is 12.2. The molecule has 0 saturated carbocycles. The summed E-state index contributed by atoms with van der Waals surface area (Å²) in [5, 5.41) is 19.9. The molecule has 2 aromatic heterocycles. The summed E-state index contributed by atoms with van der Waals surface area (Å²) in [6, 6.07) is 8.75. The van der Waals surface area contributed by atoms with E-state index in [1.54, 1.807) is 42.2 Å². The number of carbonyl (C=O) groups is 2. The van der Waals surface area contributed by atoms with Crippen molar-refractivity contribution in [3.63, 3.8) is 0 Å². The molecule has 2 amide bonds. The zero-order chi connectivity index (χ0) is 20.1. The molecule has 3 rings (SSSR count). The molecule has 0 aliphatic heterocycles. The third-order valence-corrected chi connectivity index (χ3v) is 4.05. The SMILES string of the molecule is Cc1cc([N+](=O)[O-])ccc1NC(=O)C(=O)NCC(c1ccco1)n1cccn1. The molecular weight excluding hydrogens is 366 g/mol. The number of furan rings is 1. The predicted molar refractivity (Wildman–Crippen MR) is 98.5 cm³/mol. The molecule has 0 aliphatic carbocycles. The van der Waals surface area contributed by atoms with Gasteiger partial charge >= 0.3 is 11.8 Å². The number of aryl methyl sites for hydroxylation is 1. The molecule has 2 heterocycles. The van der Waals surface area contributed by atoms with Gasteiger partial charge in [-0.25, -0.2) is 0 Å². The van der Waals surface area contributed by atoms with Gasteiger partial charge in [-0.15, -0.1) is 0 Å². The maximum Gasteiger partial charge on any atom is 0.313 e. The standard InChI is InChI=1S/C18H17N5O5/c1-12-10-13(23(26)27)5-6-14(12)21-18(25)17(24)19-11-15(16-4-2-9-28-16)22-8-3-7-20-22/h2-10,15H,11H2,1H3,(H,19,24)(H,21,25). The first-order valence-electron chi connectivity index (χ1n) is 8.32. The number of nitrogens with one attached hydrogen (secondary N) is 2. The van der Waals surface area contributed by atoms with Gasteiger partial charge in [-0.1, -0.05) is 0 Å². The minimum absolute atomic E-state index is 0.0840. The molecule has 3 aromatic rings. The lowest BCUT2D eigenvalue weighted by atomic mass is 10.2. The molecule has 0 bridgehead atoms. The van der Waals surface area contributed by atoms with Crippen molar-refractivity contribution >= 4 is 23.2 Å². The number of hydrogen-bond donors (Lipinski definition) is 2. The van der Waals surface area contributed by atoms with Crippen molar-refractivity contribution in [3.8, 4) is 0 Å². The predicted octanol–water partition coefficient (Wildman–Crippen LogP) is 2.04. The van der Waals surface area contributed by atoms with Gasteiger partial charge in [-0.05, 0) is 36.8 Å². The van der Waals surface area contributed by atoms with E-state index in [-0.39, 0.29) is 12.2 Å². The first-order chi connectivity index (χ1) is 13.5. The largest absolute Gasteiger partial charge is 0.467 e. The van der Waals surface area contributed by atoms with Crippen LogP contribution in [0.15, 0.2) is 59.5 Å². The number of non-ortho nitro benzene ring substituents is 1. The average Bonchev–Trinajstić information content (AvgIpc) is 3.37. The maximum atomic E-state index is 12.2. The van der Waals surface area contributed by atoms with E-state index in [0.29, 0.717) is 17.0 Å². The van der Waals surface area contributed by atoms with Crippen molar-refractivity contribution in [1.29, 1.82) is 0 Å². The van der Waals surface area contributed by atoms with Crippen molar-refractivity contribution in [2.45, 2.75) is 13.0 Å². The second kappa shape index (κ2) is 8.16. The molecule has 0 saturated heterocycles. The first-order valence-corrected chi connectivity index (χ1v) is 8.32. The minimum atomic E-state index is -0.879. The highest BCUT2D eigenvalue weighted by Crippen LogP contribution is 2.21. The summed E-state index contributed by atoms with van der Waals surface area (Å²) in [4.78, 5) is 34.6. The lowest BCUT2D eigenvalue weighted by Gasteiger charge is -2.16. The van der Waals surface area contributed by atoms with E-state index in [2.05, 4.69) is 15.7 Å². The molecule has 10 nitrogen and oxygen atoms in total. The van der Waals surface area contributed by atoms with Crippen LogP contribution in [0.25, 0.3) is 0 Å². The fourth-order valence-electron chi connectivity index (χ4n) is 2.62.